The van der Waals surface area contributed by atoms with E-state index in [-0.39, 0.29) is 17.4 Å². The molecule has 1 N–H and O–H groups in total. The van der Waals surface area contributed by atoms with E-state index in [9.17, 15) is 9.59 Å². The average molecular weight is 367 g/mol. The van der Waals surface area contributed by atoms with E-state index in [1.165, 1.54) is 22.0 Å². The van der Waals surface area contributed by atoms with Crippen molar-refractivity contribution >= 4 is 11.4 Å². The number of aromatic amines is 1. The van der Waals surface area contributed by atoms with Gasteiger partial charge in [0, 0.05) is 19.3 Å². The Labute approximate surface area is 155 Å². The van der Waals surface area contributed by atoms with E-state index in [1.807, 2.05) is 4.90 Å². The van der Waals surface area contributed by atoms with Crippen LogP contribution in [-0.2, 0) is 0 Å². The summed E-state index contributed by atoms with van der Waals surface area (Å²) in [6, 6.07) is 3.43. The van der Waals surface area contributed by atoms with Crippen LogP contribution in [0.2, 0.25) is 0 Å². The fourth-order valence-electron chi connectivity index (χ4n) is 4.05. The van der Waals surface area contributed by atoms with Gasteiger partial charge in [-0.05, 0) is 56.6 Å². The molecule has 0 radical (unpaired) electrons. The number of H-pyrrole nitrogens is 1. The van der Waals surface area contributed by atoms with Crippen molar-refractivity contribution < 1.29 is 4.79 Å². The summed E-state index contributed by atoms with van der Waals surface area (Å²) in [5.74, 6) is 1.79. The van der Waals surface area contributed by atoms with E-state index < -0.39 is 0 Å². The molecule has 27 heavy (non-hydrogen) atoms. The third kappa shape index (κ3) is 2.73. The number of piperidine rings is 1. The van der Waals surface area contributed by atoms with Crippen LogP contribution >= 0.6 is 0 Å². The van der Waals surface area contributed by atoms with Gasteiger partial charge in [0.25, 0.3) is 17.4 Å². The van der Waals surface area contributed by atoms with E-state index >= 15 is 0 Å². The molecule has 9 heteroatoms. The fourth-order valence-corrected chi connectivity index (χ4v) is 4.05. The number of hydrogen-bond donors (Lipinski definition) is 1. The van der Waals surface area contributed by atoms with Crippen molar-refractivity contribution in [3.8, 4) is 5.95 Å². The Morgan fingerprint density at radius 3 is 2.67 bits per heavy atom. The minimum absolute atomic E-state index is 0.0996. The fraction of sp³-hybridized carbons (Fsp3) is 0.500. The molecule has 0 unspecified atom stereocenters. The number of rotatable bonds is 3. The molecule has 1 saturated heterocycles. The zero-order valence-electron chi connectivity index (χ0n) is 15.1. The lowest BCUT2D eigenvalue weighted by molar-refractivity contribution is 0.0674. The van der Waals surface area contributed by atoms with Crippen molar-refractivity contribution in [1.82, 2.24) is 34.5 Å². The second-order valence-corrected chi connectivity index (χ2v) is 7.52. The number of nitrogens with zero attached hydrogens (tertiary/aromatic N) is 6. The van der Waals surface area contributed by atoms with E-state index in [0.29, 0.717) is 16.9 Å². The predicted molar refractivity (Wildman–Crippen MR) is 96.8 cm³/mol. The number of aromatic nitrogens is 6. The molecule has 0 aromatic carbocycles. The van der Waals surface area contributed by atoms with E-state index in [2.05, 4.69) is 20.4 Å². The largest absolute Gasteiger partial charge is 0.337 e. The van der Waals surface area contributed by atoms with Crippen LogP contribution in [0, 0.1) is 18.8 Å². The van der Waals surface area contributed by atoms with Gasteiger partial charge in [-0.3, -0.25) is 14.6 Å². The van der Waals surface area contributed by atoms with Crippen LogP contribution in [0.3, 0.4) is 0 Å². The van der Waals surface area contributed by atoms with Crippen LogP contribution in [0.4, 0.5) is 0 Å². The average Bonchev–Trinajstić information content (AvgIpc) is 3.29. The maximum atomic E-state index is 12.9. The van der Waals surface area contributed by atoms with Crippen LogP contribution in [0.15, 0.2) is 23.1 Å². The maximum absolute atomic E-state index is 12.9. The third-order valence-corrected chi connectivity index (χ3v) is 5.80. The summed E-state index contributed by atoms with van der Waals surface area (Å²) in [5, 5.41) is 12.5. The molecule has 5 rings (SSSR count). The summed E-state index contributed by atoms with van der Waals surface area (Å²) in [5.41, 5.74) is 1.07. The normalized spacial score (nSPS) is 18.3. The van der Waals surface area contributed by atoms with Crippen molar-refractivity contribution in [2.24, 2.45) is 11.8 Å². The van der Waals surface area contributed by atoms with Crippen molar-refractivity contribution in [1.29, 1.82) is 0 Å². The summed E-state index contributed by atoms with van der Waals surface area (Å²) in [6.07, 6.45) is 6.54. The highest BCUT2D eigenvalue weighted by atomic mass is 16.2. The molecule has 1 aliphatic heterocycles. The van der Waals surface area contributed by atoms with Gasteiger partial charge in [0.05, 0.1) is 5.69 Å². The first-order chi connectivity index (χ1) is 13.1. The molecule has 1 aliphatic carbocycles. The molecule has 3 aromatic heterocycles. The number of nitrogens with one attached hydrogen (secondary N) is 1. The number of hydrogen-bond acceptors (Lipinski definition) is 5. The van der Waals surface area contributed by atoms with Gasteiger partial charge in [-0.2, -0.15) is 4.68 Å². The highest BCUT2D eigenvalue weighted by molar-refractivity contribution is 5.93. The lowest BCUT2D eigenvalue weighted by atomic mass is 9.92. The molecule has 1 saturated carbocycles. The maximum Gasteiger partial charge on any atom is 0.276 e. The highest BCUT2D eigenvalue weighted by Crippen LogP contribution is 2.41. The molecule has 9 nitrogen and oxygen atoms in total. The summed E-state index contributed by atoms with van der Waals surface area (Å²) in [4.78, 5) is 29.6. The van der Waals surface area contributed by atoms with E-state index in [4.69, 9.17) is 0 Å². The lowest BCUT2D eigenvalue weighted by Crippen LogP contribution is -2.39. The molecule has 0 spiro atoms. The first-order valence-electron chi connectivity index (χ1n) is 9.41. The molecule has 0 atom stereocenters. The van der Waals surface area contributed by atoms with Crippen LogP contribution < -0.4 is 5.56 Å². The predicted octanol–water partition coefficient (Wildman–Crippen LogP) is 1.17. The number of likely N-dealkylation sites (tertiary alicyclic amines) is 1. The summed E-state index contributed by atoms with van der Waals surface area (Å²) < 4.78 is 2.89. The Hall–Kier alpha value is -2.97. The monoisotopic (exact) mass is 367 g/mol. The van der Waals surface area contributed by atoms with Gasteiger partial charge in [-0.1, -0.05) is 5.21 Å². The Balaban J connectivity index is 1.40. The number of carbonyl (C=O) groups is 1. The molecular formula is C18H21N7O2. The quantitative estimate of drug-likeness (QED) is 0.749. The highest BCUT2D eigenvalue weighted by Gasteiger charge is 2.35. The van der Waals surface area contributed by atoms with Crippen LogP contribution in [0.1, 0.15) is 41.9 Å². The molecular weight excluding hydrogens is 346 g/mol. The summed E-state index contributed by atoms with van der Waals surface area (Å²) in [6.45, 7) is 3.32. The Morgan fingerprint density at radius 1 is 1.19 bits per heavy atom. The molecule has 2 aliphatic rings. The van der Waals surface area contributed by atoms with Crippen molar-refractivity contribution in [3.05, 3.63) is 40.1 Å². The first kappa shape index (κ1) is 16.2. The van der Waals surface area contributed by atoms with Gasteiger partial charge in [0.15, 0.2) is 5.69 Å². The Morgan fingerprint density at radius 2 is 1.93 bits per heavy atom. The van der Waals surface area contributed by atoms with Crippen LogP contribution in [0.5, 0.6) is 0 Å². The van der Waals surface area contributed by atoms with Gasteiger partial charge in [0.2, 0.25) is 0 Å². The smallest absolute Gasteiger partial charge is 0.276 e. The van der Waals surface area contributed by atoms with Crippen LogP contribution in [0.25, 0.3) is 11.5 Å². The number of fused-ring (bicyclic) bond motifs is 1. The molecule has 2 fully saturated rings. The first-order valence-corrected chi connectivity index (χ1v) is 9.41. The summed E-state index contributed by atoms with van der Waals surface area (Å²) in [7, 11) is 0. The van der Waals surface area contributed by atoms with Crippen LogP contribution in [-0.4, -0.2) is 53.5 Å². The van der Waals surface area contributed by atoms with Crippen molar-refractivity contribution in [2.75, 3.05) is 13.1 Å². The number of carbonyl (C=O) groups excluding carboxylic acids is 1. The second-order valence-electron chi connectivity index (χ2n) is 7.52. The molecule has 0 bridgehead atoms. The second kappa shape index (κ2) is 6.04. The van der Waals surface area contributed by atoms with E-state index in [0.717, 1.165) is 37.8 Å². The number of amides is 1. The zero-order chi connectivity index (χ0) is 18.5. The van der Waals surface area contributed by atoms with Gasteiger partial charge in [-0.15, -0.1) is 10.2 Å². The third-order valence-electron chi connectivity index (χ3n) is 5.80. The minimum Gasteiger partial charge on any atom is -0.337 e. The topological polar surface area (TPSA) is 101 Å². The zero-order valence-corrected chi connectivity index (χ0v) is 15.1. The van der Waals surface area contributed by atoms with Crippen molar-refractivity contribution in [3.63, 3.8) is 0 Å². The molecule has 4 heterocycles. The molecule has 1 amide bonds. The van der Waals surface area contributed by atoms with Gasteiger partial charge in [-0.25, -0.2) is 4.52 Å². The van der Waals surface area contributed by atoms with E-state index in [1.54, 1.807) is 25.3 Å². The molecule has 140 valence electrons. The molecule has 3 aromatic rings. The van der Waals surface area contributed by atoms with Gasteiger partial charge in [0.1, 0.15) is 5.52 Å². The Kier molecular flexibility index (Phi) is 3.63. The van der Waals surface area contributed by atoms with Gasteiger partial charge >= 0.3 is 0 Å². The standard InChI is InChI=1S/C18H21N7O2/c1-11-15(17(27)23-9-6-13(7-10-23)12-4-5-12)20-22-25(11)18-19-16(26)14-3-2-8-24(14)21-18/h2-3,8,12-13H,4-7,9-10H2,1H3,(H,19,21,26). The van der Waals surface area contributed by atoms with Gasteiger partial charge < -0.3 is 4.90 Å². The minimum atomic E-state index is -0.269. The lowest BCUT2D eigenvalue weighted by Gasteiger charge is -2.31. The SMILES string of the molecule is Cc1c(C(=O)N2CCC(C3CC3)CC2)nnn1-c1nn2cccc2c(=O)[nH]1. The Bertz CT molecular complexity index is 1070. The van der Waals surface area contributed by atoms with Crippen molar-refractivity contribution in [2.45, 2.75) is 32.6 Å². The summed E-state index contributed by atoms with van der Waals surface area (Å²) >= 11 is 0.